The number of methoxy groups -OCH3 is 1. The molecule has 0 bridgehead atoms. The van der Waals surface area contributed by atoms with Crippen LogP contribution in [0.1, 0.15) is 26.5 Å². The fourth-order valence-corrected chi connectivity index (χ4v) is 2.69. The maximum absolute atomic E-state index is 12.5. The van der Waals surface area contributed by atoms with Crippen molar-refractivity contribution in [1.29, 1.82) is 0 Å². The summed E-state index contributed by atoms with van der Waals surface area (Å²) < 4.78 is 10.2. The Bertz CT molecular complexity index is 984. The lowest BCUT2D eigenvalue weighted by atomic mass is 10.1. The minimum absolute atomic E-state index is 0.203. The molecule has 0 fully saturated rings. The maximum atomic E-state index is 12.5. The van der Waals surface area contributed by atoms with Gasteiger partial charge in [-0.2, -0.15) is 0 Å². The van der Waals surface area contributed by atoms with E-state index in [9.17, 15) is 9.59 Å². The van der Waals surface area contributed by atoms with Crippen LogP contribution >= 0.6 is 11.6 Å². The second-order valence-corrected chi connectivity index (χ2v) is 6.17. The lowest BCUT2D eigenvalue weighted by Gasteiger charge is -2.12. The van der Waals surface area contributed by atoms with Crippen molar-refractivity contribution in [2.45, 2.75) is 6.92 Å². The third kappa shape index (κ3) is 4.30. The lowest BCUT2D eigenvalue weighted by Crippen LogP contribution is -2.14. The summed E-state index contributed by atoms with van der Waals surface area (Å²) in [5.41, 5.74) is 2.35. The zero-order valence-corrected chi connectivity index (χ0v) is 15.5. The smallest absolute Gasteiger partial charge is 0.291 e. The molecule has 138 valence electrons. The van der Waals surface area contributed by atoms with E-state index in [1.807, 2.05) is 6.92 Å². The second-order valence-electron chi connectivity index (χ2n) is 5.76. The van der Waals surface area contributed by atoms with E-state index in [1.165, 1.54) is 19.4 Å². The molecule has 1 aromatic heterocycles. The highest BCUT2D eigenvalue weighted by Gasteiger charge is 2.13. The zero-order chi connectivity index (χ0) is 19.4. The molecule has 0 saturated carbocycles. The molecule has 1 heterocycles. The van der Waals surface area contributed by atoms with Crippen molar-refractivity contribution in [2.75, 3.05) is 17.7 Å². The van der Waals surface area contributed by atoms with E-state index < -0.39 is 0 Å². The highest BCUT2D eigenvalue weighted by molar-refractivity contribution is 6.32. The SMILES string of the molecule is COc1ccc(C(=O)Nc2cc(NC(=O)c3ccco3)ccc2C)cc1Cl. The van der Waals surface area contributed by atoms with Crippen LogP contribution in [0, 0.1) is 6.92 Å². The van der Waals surface area contributed by atoms with E-state index in [2.05, 4.69) is 10.6 Å². The number of benzene rings is 2. The Morgan fingerprint density at radius 2 is 1.85 bits per heavy atom. The number of hydrogen-bond donors (Lipinski definition) is 2. The van der Waals surface area contributed by atoms with Crippen LogP contribution in [0.25, 0.3) is 0 Å². The highest BCUT2D eigenvalue weighted by Crippen LogP contribution is 2.26. The molecule has 2 N–H and O–H groups in total. The Labute approximate surface area is 161 Å². The largest absolute Gasteiger partial charge is 0.495 e. The van der Waals surface area contributed by atoms with Gasteiger partial charge in [0.1, 0.15) is 5.75 Å². The fraction of sp³-hybridized carbons (Fsp3) is 0.100. The van der Waals surface area contributed by atoms with Gasteiger partial charge in [-0.3, -0.25) is 9.59 Å². The maximum Gasteiger partial charge on any atom is 0.291 e. The van der Waals surface area contributed by atoms with Gasteiger partial charge in [-0.15, -0.1) is 0 Å². The summed E-state index contributed by atoms with van der Waals surface area (Å²) in [5.74, 6) is 0.00120. The third-order valence-corrected chi connectivity index (χ3v) is 4.20. The molecule has 3 aromatic rings. The van der Waals surface area contributed by atoms with E-state index in [1.54, 1.807) is 42.5 Å². The molecule has 6 nitrogen and oxygen atoms in total. The van der Waals surface area contributed by atoms with Gasteiger partial charge in [0.15, 0.2) is 5.76 Å². The molecule has 2 amide bonds. The molecule has 0 aliphatic heterocycles. The van der Waals surface area contributed by atoms with Gasteiger partial charge < -0.3 is 19.8 Å². The molecule has 27 heavy (non-hydrogen) atoms. The van der Waals surface area contributed by atoms with E-state index in [4.69, 9.17) is 20.8 Å². The number of amides is 2. The van der Waals surface area contributed by atoms with Crippen LogP contribution in [0.4, 0.5) is 11.4 Å². The van der Waals surface area contributed by atoms with E-state index >= 15 is 0 Å². The Hall–Kier alpha value is -3.25. The number of aryl methyl sites for hydroxylation is 1. The highest BCUT2D eigenvalue weighted by atomic mass is 35.5. The summed E-state index contributed by atoms with van der Waals surface area (Å²) in [6, 6.07) is 13.2. The van der Waals surface area contributed by atoms with Gasteiger partial charge in [0.05, 0.1) is 18.4 Å². The van der Waals surface area contributed by atoms with Gasteiger partial charge in [-0.25, -0.2) is 0 Å². The number of halogens is 1. The first-order valence-electron chi connectivity index (χ1n) is 8.08. The molecule has 7 heteroatoms. The van der Waals surface area contributed by atoms with Gasteiger partial charge in [0, 0.05) is 16.9 Å². The molecule has 0 radical (unpaired) electrons. The molecule has 2 aromatic carbocycles. The summed E-state index contributed by atoms with van der Waals surface area (Å²) in [7, 11) is 1.51. The Morgan fingerprint density at radius 1 is 1.04 bits per heavy atom. The standard InChI is InChI=1S/C20H17ClN2O4/c1-12-5-7-14(22-20(25)18-4-3-9-27-18)11-16(12)23-19(24)13-6-8-17(26-2)15(21)10-13/h3-11H,1-2H3,(H,22,25)(H,23,24). The Kier molecular flexibility index (Phi) is 5.47. The number of furan rings is 1. The minimum atomic E-state index is -0.372. The van der Waals surface area contributed by atoms with Crippen molar-refractivity contribution in [3.8, 4) is 5.75 Å². The number of carbonyl (C=O) groups excluding carboxylic acids is 2. The number of rotatable bonds is 5. The van der Waals surface area contributed by atoms with Crippen molar-refractivity contribution >= 4 is 34.8 Å². The predicted octanol–water partition coefficient (Wildman–Crippen LogP) is 4.75. The molecular weight excluding hydrogens is 368 g/mol. The predicted molar refractivity (Wildman–Crippen MR) is 104 cm³/mol. The van der Waals surface area contributed by atoms with E-state index in [0.29, 0.717) is 27.7 Å². The van der Waals surface area contributed by atoms with Gasteiger partial charge in [0.2, 0.25) is 0 Å². The van der Waals surface area contributed by atoms with E-state index in [-0.39, 0.29) is 17.6 Å². The fourth-order valence-electron chi connectivity index (χ4n) is 2.44. The van der Waals surface area contributed by atoms with Gasteiger partial charge in [-0.1, -0.05) is 17.7 Å². The van der Waals surface area contributed by atoms with Gasteiger partial charge in [-0.05, 0) is 55.0 Å². The number of nitrogens with one attached hydrogen (secondary N) is 2. The van der Waals surface area contributed by atoms with Crippen molar-refractivity contribution in [3.63, 3.8) is 0 Å². The first-order chi connectivity index (χ1) is 13.0. The quantitative estimate of drug-likeness (QED) is 0.664. The zero-order valence-electron chi connectivity index (χ0n) is 14.7. The summed E-state index contributed by atoms with van der Waals surface area (Å²) in [6.45, 7) is 1.86. The summed E-state index contributed by atoms with van der Waals surface area (Å²) >= 11 is 6.08. The normalized spacial score (nSPS) is 10.3. The summed E-state index contributed by atoms with van der Waals surface area (Å²) in [6.07, 6.45) is 1.43. The topological polar surface area (TPSA) is 80.6 Å². The minimum Gasteiger partial charge on any atom is -0.495 e. The van der Waals surface area contributed by atoms with Crippen LogP contribution in [0.15, 0.2) is 59.2 Å². The van der Waals surface area contributed by atoms with Gasteiger partial charge in [0.25, 0.3) is 11.8 Å². The number of anilines is 2. The summed E-state index contributed by atoms with van der Waals surface area (Å²) in [5, 5.41) is 5.90. The van der Waals surface area contributed by atoms with Crippen LogP contribution in [0.3, 0.4) is 0 Å². The molecular formula is C20H17ClN2O4. The number of carbonyl (C=O) groups is 2. The average molecular weight is 385 g/mol. The first kappa shape index (κ1) is 18.5. The van der Waals surface area contributed by atoms with Crippen LogP contribution in [-0.2, 0) is 0 Å². The van der Waals surface area contributed by atoms with Crippen LogP contribution < -0.4 is 15.4 Å². The molecule has 0 spiro atoms. The lowest BCUT2D eigenvalue weighted by molar-refractivity contribution is 0.0995. The molecule has 3 rings (SSSR count). The number of hydrogen-bond acceptors (Lipinski definition) is 4. The Morgan fingerprint density at radius 3 is 2.52 bits per heavy atom. The molecule has 0 aliphatic carbocycles. The molecule has 0 saturated heterocycles. The van der Waals surface area contributed by atoms with E-state index in [0.717, 1.165) is 5.56 Å². The summed E-state index contributed by atoms with van der Waals surface area (Å²) in [4.78, 5) is 24.6. The number of ether oxygens (including phenoxy) is 1. The van der Waals surface area contributed by atoms with Crippen molar-refractivity contribution < 1.29 is 18.7 Å². The molecule has 0 atom stereocenters. The van der Waals surface area contributed by atoms with Crippen LogP contribution in [0.2, 0.25) is 5.02 Å². The van der Waals surface area contributed by atoms with Crippen LogP contribution in [-0.4, -0.2) is 18.9 Å². The first-order valence-corrected chi connectivity index (χ1v) is 8.46. The van der Waals surface area contributed by atoms with Crippen molar-refractivity contribution in [2.24, 2.45) is 0 Å². The molecule has 0 unspecified atom stereocenters. The third-order valence-electron chi connectivity index (χ3n) is 3.90. The molecule has 0 aliphatic rings. The van der Waals surface area contributed by atoms with Crippen molar-refractivity contribution in [1.82, 2.24) is 0 Å². The van der Waals surface area contributed by atoms with Crippen LogP contribution in [0.5, 0.6) is 5.75 Å². The van der Waals surface area contributed by atoms with Crippen molar-refractivity contribution in [3.05, 3.63) is 76.7 Å². The Balaban J connectivity index is 1.77. The average Bonchev–Trinajstić information content (AvgIpc) is 3.19. The monoisotopic (exact) mass is 384 g/mol. The van der Waals surface area contributed by atoms with Gasteiger partial charge >= 0.3 is 0 Å². The second kappa shape index (κ2) is 7.97.